The Balaban J connectivity index is 3.52. The predicted octanol–water partition coefficient (Wildman–Crippen LogP) is -0.670. The van der Waals surface area contributed by atoms with Crippen molar-refractivity contribution in [3.05, 3.63) is 0 Å². The van der Waals surface area contributed by atoms with Gasteiger partial charge in [0.1, 0.15) is 37.6 Å². The minimum Gasteiger partial charge on any atom is -0.463 e. The van der Waals surface area contributed by atoms with Crippen LogP contribution in [0.15, 0.2) is 0 Å². The minimum absolute atomic E-state index is 0.502. The molecule has 1 aliphatic rings. The van der Waals surface area contributed by atoms with Gasteiger partial charge in [0, 0.05) is 41.5 Å². The van der Waals surface area contributed by atoms with Gasteiger partial charge in [-0.1, -0.05) is 0 Å². The van der Waals surface area contributed by atoms with Gasteiger partial charge in [-0.2, -0.15) is 0 Å². The van der Waals surface area contributed by atoms with Crippen LogP contribution in [0.1, 0.15) is 48.5 Å². The Morgan fingerprint density at radius 1 is 0.711 bits per heavy atom. The molecule has 38 heavy (non-hydrogen) atoms. The fourth-order valence-corrected chi connectivity index (χ4v) is 3.59. The molecule has 216 valence electrons. The monoisotopic (exact) mass is 550 g/mol. The number of rotatable bonds is 12. The molecule has 0 aliphatic carbocycles. The summed E-state index contributed by atoms with van der Waals surface area (Å²) >= 11 is 0. The SMILES string of the molecule is CC(=O)OCC(O)[C@@H](O[C@@H]1OC(COC(C)=O)[C@@H](OC(C)=O)C(OC(C)=O)C1OC(C)=O)C(C)OC(C)=O. The summed E-state index contributed by atoms with van der Waals surface area (Å²) in [6, 6.07) is 0. The van der Waals surface area contributed by atoms with Crippen LogP contribution < -0.4 is 0 Å². The molecule has 15 heteroatoms. The second-order valence-corrected chi connectivity index (χ2v) is 8.35. The molecule has 0 aromatic heterocycles. The van der Waals surface area contributed by atoms with Gasteiger partial charge in [-0.05, 0) is 6.92 Å². The van der Waals surface area contributed by atoms with Crippen molar-refractivity contribution < 1.29 is 71.8 Å². The van der Waals surface area contributed by atoms with E-state index in [0.29, 0.717) is 0 Å². The van der Waals surface area contributed by atoms with E-state index in [1.807, 2.05) is 0 Å². The Bertz CT molecular complexity index is 871. The average molecular weight is 551 g/mol. The molecule has 1 rings (SSSR count). The molecule has 0 aromatic carbocycles. The third-order valence-electron chi connectivity index (χ3n) is 4.89. The van der Waals surface area contributed by atoms with Crippen LogP contribution in [0.4, 0.5) is 0 Å². The van der Waals surface area contributed by atoms with E-state index in [2.05, 4.69) is 0 Å². The first-order valence-corrected chi connectivity index (χ1v) is 11.6. The summed E-state index contributed by atoms with van der Waals surface area (Å²) in [5, 5.41) is 10.7. The molecule has 0 amide bonds. The van der Waals surface area contributed by atoms with Gasteiger partial charge in [0.05, 0.1) is 0 Å². The van der Waals surface area contributed by atoms with E-state index < -0.39 is 98.0 Å². The molecule has 0 spiro atoms. The highest BCUT2D eigenvalue weighted by Crippen LogP contribution is 2.31. The molecule has 1 aliphatic heterocycles. The molecule has 8 atom stereocenters. The molecular weight excluding hydrogens is 516 g/mol. The lowest BCUT2D eigenvalue weighted by Crippen LogP contribution is -2.64. The van der Waals surface area contributed by atoms with Gasteiger partial charge in [-0.3, -0.25) is 28.8 Å². The average Bonchev–Trinajstić information content (AvgIpc) is 2.76. The molecule has 1 heterocycles. The van der Waals surface area contributed by atoms with Crippen molar-refractivity contribution in [3.8, 4) is 0 Å². The molecule has 1 fully saturated rings. The first kappa shape index (κ1) is 32.7. The first-order valence-electron chi connectivity index (χ1n) is 11.6. The van der Waals surface area contributed by atoms with Crippen LogP contribution in [0.3, 0.4) is 0 Å². The van der Waals surface area contributed by atoms with E-state index >= 15 is 0 Å². The van der Waals surface area contributed by atoms with E-state index in [4.69, 9.17) is 37.9 Å². The van der Waals surface area contributed by atoms with Gasteiger partial charge in [-0.15, -0.1) is 0 Å². The van der Waals surface area contributed by atoms with Crippen molar-refractivity contribution in [1.29, 1.82) is 0 Å². The number of carbonyl (C=O) groups is 6. The first-order chi connectivity index (χ1) is 17.6. The normalized spacial score (nSPS) is 25.1. The van der Waals surface area contributed by atoms with Gasteiger partial charge in [0.15, 0.2) is 24.6 Å². The number of hydrogen-bond acceptors (Lipinski definition) is 15. The number of esters is 6. The summed E-state index contributed by atoms with van der Waals surface area (Å²) in [5.41, 5.74) is 0. The van der Waals surface area contributed by atoms with Crippen LogP contribution in [-0.4, -0.2) is 103 Å². The lowest BCUT2D eigenvalue weighted by atomic mass is 9.97. The number of aliphatic hydroxyl groups excluding tert-OH is 1. The molecule has 0 saturated carbocycles. The summed E-state index contributed by atoms with van der Waals surface area (Å²) in [4.78, 5) is 70.0. The van der Waals surface area contributed by atoms with E-state index in [1.165, 1.54) is 6.92 Å². The lowest BCUT2D eigenvalue weighted by molar-refractivity contribution is -0.328. The highest BCUT2D eigenvalue weighted by molar-refractivity contribution is 5.69. The smallest absolute Gasteiger partial charge is 0.303 e. The standard InChI is InChI=1S/C23H34O15/c1-10(33-13(4)26)19(17(30)8-31-11(2)24)38-23-22(36-16(7)29)21(35-15(6)28)20(34-14(5)27)18(37-23)9-32-12(3)25/h10,17-23,30H,8-9H2,1-7H3/t10?,17?,18?,19-,20+,21?,22?,23-/m0/s1. The minimum atomic E-state index is -1.66. The Morgan fingerprint density at radius 3 is 1.68 bits per heavy atom. The molecule has 15 nitrogen and oxygen atoms in total. The van der Waals surface area contributed by atoms with E-state index in [-0.39, 0.29) is 0 Å². The second-order valence-electron chi connectivity index (χ2n) is 8.35. The van der Waals surface area contributed by atoms with Crippen molar-refractivity contribution in [2.75, 3.05) is 13.2 Å². The Kier molecular flexibility index (Phi) is 13.1. The molecular formula is C23H34O15. The molecule has 5 unspecified atom stereocenters. The van der Waals surface area contributed by atoms with Gasteiger partial charge < -0.3 is 43.0 Å². The number of ether oxygens (including phenoxy) is 8. The molecule has 0 radical (unpaired) electrons. The van der Waals surface area contributed by atoms with Gasteiger partial charge in [0.2, 0.25) is 0 Å². The summed E-state index contributed by atoms with van der Waals surface area (Å²) in [7, 11) is 0. The summed E-state index contributed by atoms with van der Waals surface area (Å²) in [6.07, 6.45) is -11.7. The van der Waals surface area contributed by atoms with Crippen LogP contribution in [0.5, 0.6) is 0 Å². The zero-order valence-electron chi connectivity index (χ0n) is 22.2. The second kappa shape index (κ2) is 15.2. The van der Waals surface area contributed by atoms with Crippen LogP contribution in [0, 0.1) is 0 Å². The highest BCUT2D eigenvalue weighted by Gasteiger charge is 2.54. The number of aliphatic hydroxyl groups is 1. The maximum absolute atomic E-state index is 12.0. The molecule has 1 N–H and O–H groups in total. The Hall–Kier alpha value is -3.30. The summed E-state index contributed by atoms with van der Waals surface area (Å²) in [6.45, 7) is 6.80. The number of carbonyl (C=O) groups excluding carboxylic acids is 6. The molecule has 0 bridgehead atoms. The van der Waals surface area contributed by atoms with E-state index in [1.54, 1.807) is 0 Å². The fourth-order valence-electron chi connectivity index (χ4n) is 3.59. The van der Waals surface area contributed by atoms with Gasteiger partial charge >= 0.3 is 35.8 Å². The third kappa shape index (κ3) is 11.0. The zero-order valence-corrected chi connectivity index (χ0v) is 22.2. The van der Waals surface area contributed by atoms with Crippen molar-refractivity contribution in [3.63, 3.8) is 0 Å². The maximum atomic E-state index is 12.0. The lowest BCUT2D eigenvalue weighted by Gasteiger charge is -2.45. The summed E-state index contributed by atoms with van der Waals surface area (Å²) in [5.74, 6) is -4.69. The highest BCUT2D eigenvalue weighted by atomic mass is 16.7. The molecule has 0 aromatic rings. The van der Waals surface area contributed by atoms with Crippen molar-refractivity contribution in [1.82, 2.24) is 0 Å². The largest absolute Gasteiger partial charge is 0.463 e. The van der Waals surface area contributed by atoms with Crippen molar-refractivity contribution >= 4 is 35.8 Å². The Morgan fingerprint density at radius 2 is 1.21 bits per heavy atom. The van der Waals surface area contributed by atoms with E-state index in [9.17, 15) is 33.9 Å². The van der Waals surface area contributed by atoms with Crippen LogP contribution in [0.2, 0.25) is 0 Å². The van der Waals surface area contributed by atoms with Crippen LogP contribution in [0.25, 0.3) is 0 Å². The van der Waals surface area contributed by atoms with Crippen molar-refractivity contribution in [2.24, 2.45) is 0 Å². The quantitative estimate of drug-likeness (QED) is 0.237. The van der Waals surface area contributed by atoms with E-state index in [0.717, 1.165) is 41.5 Å². The predicted molar refractivity (Wildman–Crippen MR) is 121 cm³/mol. The maximum Gasteiger partial charge on any atom is 0.303 e. The topological polar surface area (TPSA) is 196 Å². The molecule has 1 saturated heterocycles. The van der Waals surface area contributed by atoms with Crippen LogP contribution >= 0.6 is 0 Å². The fraction of sp³-hybridized carbons (Fsp3) is 0.739. The number of hydrogen-bond donors (Lipinski definition) is 1. The third-order valence-corrected chi connectivity index (χ3v) is 4.89. The van der Waals surface area contributed by atoms with Gasteiger partial charge in [0.25, 0.3) is 0 Å². The van der Waals surface area contributed by atoms with Crippen molar-refractivity contribution in [2.45, 2.75) is 97.5 Å². The zero-order chi connectivity index (χ0) is 29.2. The van der Waals surface area contributed by atoms with Crippen LogP contribution in [-0.2, 0) is 66.7 Å². The Labute approximate surface area is 218 Å². The van der Waals surface area contributed by atoms with Gasteiger partial charge in [-0.25, -0.2) is 0 Å². The summed E-state index contributed by atoms with van der Waals surface area (Å²) < 4.78 is 42.5.